The van der Waals surface area contributed by atoms with E-state index in [1.807, 2.05) is 31.2 Å². The van der Waals surface area contributed by atoms with Gasteiger partial charge in [-0.25, -0.2) is 9.97 Å². The molecule has 0 spiro atoms. The first-order chi connectivity index (χ1) is 15.5. The summed E-state index contributed by atoms with van der Waals surface area (Å²) in [6, 6.07) is 10.8. The fraction of sp³-hybridized carbons (Fsp3) is 0.375. The van der Waals surface area contributed by atoms with E-state index in [4.69, 9.17) is 13.9 Å². The van der Waals surface area contributed by atoms with Crippen LogP contribution in [0.15, 0.2) is 53.2 Å². The molecule has 2 aromatic heterocycles. The number of aliphatic hydroxyl groups excluding tert-OH is 1. The third kappa shape index (κ3) is 6.07. The number of oxazole rings is 1. The molecule has 2 atom stereocenters. The Labute approximate surface area is 186 Å². The Kier molecular flexibility index (Phi) is 6.70. The number of rotatable bonds is 10. The summed E-state index contributed by atoms with van der Waals surface area (Å²) in [5.41, 5.74) is 0.659. The van der Waals surface area contributed by atoms with Gasteiger partial charge in [-0.15, -0.1) is 0 Å². The van der Waals surface area contributed by atoms with Crippen molar-refractivity contribution in [3.8, 4) is 28.8 Å². The van der Waals surface area contributed by atoms with Crippen LogP contribution in [-0.2, 0) is 4.79 Å². The van der Waals surface area contributed by atoms with Crippen molar-refractivity contribution in [1.82, 2.24) is 15.3 Å². The molecule has 1 aliphatic rings. The molecule has 0 bridgehead atoms. The number of pyridine rings is 1. The van der Waals surface area contributed by atoms with Gasteiger partial charge in [0.05, 0.1) is 18.4 Å². The van der Waals surface area contributed by atoms with Crippen molar-refractivity contribution in [1.29, 1.82) is 0 Å². The number of aromatic nitrogens is 2. The number of hydrogen-bond acceptors (Lipinski definition) is 7. The van der Waals surface area contributed by atoms with E-state index in [-0.39, 0.29) is 11.9 Å². The molecule has 1 saturated carbocycles. The summed E-state index contributed by atoms with van der Waals surface area (Å²) in [6.07, 6.45) is 5.02. The fourth-order valence-corrected chi connectivity index (χ4v) is 3.25. The summed E-state index contributed by atoms with van der Waals surface area (Å²) in [4.78, 5) is 19.7. The molecule has 2 N–H and O–H groups in total. The lowest BCUT2D eigenvalue weighted by atomic mass is 10.1. The van der Waals surface area contributed by atoms with Gasteiger partial charge in [0.15, 0.2) is 5.76 Å². The maximum atomic E-state index is 11.1. The van der Waals surface area contributed by atoms with Crippen LogP contribution in [0.3, 0.4) is 0 Å². The van der Waals surface area contributed by atoms with E-state index in [2.05, 4.69) is 15.3 Å². The smallest absolute Gasteiger partial charge is 0.227 e. The third-order valence-electron chi connectivity index (χ3n) is 5.07. The molecular formula is C24H27N3O5. The monoisotopic (exact) mass is 437 g/mol. The van der Waals surface area contributed by atoms with E-state index in [0.717, 1.165) is 12.4 Å². The molecule has 2 heterocycles. The number of carbonyl (C=O) groups excluding carboxylic acids is 1. The van der Waals surface area contributed by atoms with Crippen molar-refractivity contribution < 1.29 is 23.8 Å². The first kappa shape index (κ1) is 21.8. The van der Waals surface area contributed by atoms with Gasteiger partial charge in [0, 0.05) is 37.7 Å². The minimum absolute atomic E-state index is 0.145. The second-order valence-corrected chi connectivity index (χ2v) is 8.14. The van der Waals surface area contributed by atoms with Crippen LogP contribution in [0.4, 0.5) is 0 Å². The van der Waals surface area contributed by atoms with Crippen LogP contribution in [0, 0.1) is 5.92 Å². The maximum Gasteiger partial charge on any atom is 0.227 e. The zero-order valence-electron chi connectivity index (χ0n) is 18.2. The van der Waals surface area contributed by atoms with E-state index in [1.165, 1.54) is 26.0 Å². The topological polar surface area (TPSA) is 107 Å². The van der Waals surface area contributed by atoms with Gasteiger partial charge in [-0.05, 0) is 43.9 Å². The molecule has 1 aromatic carbocycles. The number of benzene rings is 1. The lowest BCUT2D eigenvalue weighted by Crippen LogP contribution is -2.31. The van der Waals surface area contributed by atoms with Crippen molar-refractivity contribution in [3.63, 3.8) is 0 Å². The predicted molar refractivity (Wildman–Crippen MR) is 117 cm³/mol. The Bertz CT molecular complexity index is 1050. The number of hydrogen-bond donors (Lipinski definition) is 2. The Morgan fingerprint density at radius 2 is 2.03 bits per heavy atom. The van der Waals surface area contributed by atoms with E-state index in [0.29, 0.717) is 41.2 Å². The molecule has 0 saturated heterocycles. The highest BCUT2D eigenvalue weighted by Crippen LogP contribution is 2.31. The van der Waals surface area contributed by atoms with Gasteiger partial charge in [-0.3, -0.25) is 4.79 Å². The largest absolute Gasteiger partial charge is 0.493 e. The van der Waals surface area contributed by atoms with Crippen LogP contribution in [-0.4, -0.2) is 33.6 Å². The fourth-order valence-electron chi connectivity index (χ4n) is 3.25. The van der Waals surface area contributed by atoms with Gasteiger partial charge in [0.2, 0.25) is 17.7 Å². The van der Waals surface area contributed by atoms with Crippen LogP contribution in [0.25, 0.3) is 11.5 Å². The molecule has 1 fully saturated rings. The van der Waals surface area contributed by atoms with E-state index < -0.39 is 6.10 Å². The van der Waals surface area contributed by atoms with Crippen molar-refractivity contribution in [2.24, 2.45) is 5.92 Å². The minimum Gasteiger partial charge on any atom is -0.493 e. The molecule has 32 heavy (non-hydrogen) atoms. The molecule has 4 rings (SSSR count). The molecule has 2 unspecified atom stereocenters. The molecule has 3 aromatic rings. The average Bonchev–Trinajstić information content (AvgIpc) is 3.46. The number of amides is 1. The molecule has 0 radical (unpaired) electrons. The molecule has 8 nitrogen and oxygen atoms in total. The Hall–Kier alpha value is -3.39. The van der Waals surface area contributed by atoms with Gasteiger partial charge >= 0.3 is 0 Å². The normalized spacial score (nSPS) is 15.1. The lowest BCUT2D eigenvalue weighted by Gasteiger charge is -2.15. The quantitative estimate of drug-likeness (QED) is 0.488. The zero-order valence-corrected chi connectivity index (χ0v) is 18.2. The highest BCUT2D eigenvalue weighted by molar-refractivity contribution is 5.73. The number of aliphatic hydroxyl groups is 1. The van der Waals surface area contributed by atoms with Crippen LogP contribution in [0.1, 0.15) is 45.0 Å². The zero-order chi connectivity index (χ0) is 22.5. The number of nitrogens with zero attached hydrogens (tertiary/aromatic N) is 2. The lowest BCUT2D eigenvalue weighted by molar-refractivity contribution is -0.119. The minimum atomic E-state index is -0.872. The summed E-state index contributed by atoms with van der Waals surface area (Å²) in [7, 11) is 0. The second-order valence-electron chi connectivity index (χ2n) is 8.14. The third-order valence-corrected chi connectivity index (χ3v) is 5.07. The van der Waals surface area contributed by atoms with Crippen LogP contribution in [0.5, 0.6) is 17.4 Å². The van der Waals surface area contributed by atoms with E-state index in [1.54, 1.807) is 18.3 Å². The molecule has 1 amide bonds. The molecule has 8 heteroatoms. The highest BCUT2D eigenvalue weighted by Gasteiger charge is 2.22. The van der Waals surface area contributed by atoms with Gasteiger partial charge < -0.3 is 24.3 Å². The molecular weight excluding hydrogens is 410 g/mol. The van der Waals surface area contributed by atoms with Gasteiger partial charge in [0.25, 0.3) is 0 Å². The highest BCUT2D eigenvalue weighted by atomic mass is 16.5. The van der Waals surface area contributed by atoms with Gasteiger partial charge in [-0.1, -0.05) is 6.07 Å². The van der Waals surface area contributed by atoms with Crippen LogP contribution in [0.2, 0.25) is 0 Å². The Balaban J connectivity index is 1.35. The first-order valence-corrected chi connectivity index (χ1v) is 10.7. The number of carbonyl (C=O) groups is 1. The standard InChI is InChI=1S/C24H27N3O5/c1-15(27-16(2)28)10-21(29)22-13-26-24(32-22)18-8-9-23(25-12-18)31-20-5-3-4-19(11-20)30-14-17-6-7-17/h3-5,8-9,11-13,15,17,21,29H,6-7,10,14H2,1-2H3,(H,27,28). The molecule has 168 valence electrons. The molecule has 1 aliphatic carbocycles. The Morgan fingerprint density at radius 3 is 2.75 bits per heavy atom. The van der Waals surface area contributed by atoms with E-state index in [9.17, 15) is 9.90 Å². The number of nitrogens with one attached hydrogen (secondary N) is 1. The summed E-state index contributed by atoms with van der Waals surface area (Å²) in [5.74, 6) is 3.09. The van der Waals surface area contributed by atoms with Gasteiger partial charge in [0.1, 0.15) is 17.6 Å². The summed E-state index contributed by atoms with van der Waals surface area (Å²) < 4.78 is 17.3. The first-order valence-electron chi connectivity index (χ1n) is 10.7. The SMILES string of the molecule is CC(=O)NC(C)CC(O)c1cnc(-c2ccc(Oc3cccc(OCC4CC4)c3)nc2)o1. The van der Waals surface area contributed by atoms with Crippen molar-refractivity contribution in [2.75, 3.05) is 6.61 Å². The second kappa shape index (κ2) is 9.82. The number of ether oxygens (including phenoxy) is 2. The predicted octanol–water partition coefficient (Wildman–Crippen LogP) is 4.27. The summed E-state index contributed by atoms with van der Waals surface area (Å²) >= 11 is 0. The summed E-state index contributed by atoms with van der Waals surface area (Å²) in [6.45, 7) is 4.00. The maximum absolute atomic E-state index is 11.1. The summed E-state index contributed by atoms with van der Waals surface area (Å²) in [5, 5.41) is 13.1. The van der Waals surface area contributed by atoms with Crippen LogP contribution >= 0.6 is 0 Å². The van der Waals surface area contributed by atoms with Crippen LogP contribution < -0.4 is 14.8 Å². The van der Waals surface area contributed by atoms with Gasteiger partial charge in [-0.2, -0.15) is 0 Å². The van der Waals surface area contributed by atoms with E-state index >= 15 is 0 Å². The average molecular weight is 437 g/mol. The van der Waals surface area contributed by atoms with Crippen molar-refractivity contribution in [2.45, 2.75) is 45.3 Å². The van der Waals surface area contributed by atoms with Crippen molar-refractivity contribution in [3.05, 3.63) is 54.6 Å². The van der Waals surface area contributed by atoms with Crippen molar-refractivity contribution >= 4 is 5.91 Å². The Morgan fingerprint density at radius 1 is 1.22 bits per heavy atom. The molecule has 0 aliphatic heterocycles.